The molecule has 0 fully saturated rings. The molecule has 2 rings (SSSR count). The molecule has 0 bridgehead atoms. The number of benzene rings is 2. The maximum Gasteiger partial charge on any atom is 0.128 e. The van der Waals surface area contributed by atoms with Gasteiger partial charge in [-0.2, -0.15) is 0 Å². The monoisotopic (exact) mass is 241 g/mol. The van der Waals surface area contributed by atoms with E-state index in [1.54, 1.807) is 7.11 Å². The van der Waals surface area contributed by atoms with Crippen molar-refractivity contribution in [1.29, 1.82) is 0 Å². The van der Waals surface area contributed by atoms with Crippen molar-refractivity contribution in [1.82, 2.24) is 0 Å². The van der Waals surface area contributed by atoms with Gasteiger partial charge < -0.3 is 4.74 Å². The molecule has 0 aliphatic carbocycles. The normalized spacial score (nSPS) is 12.2. The zero-order valence-corrected chi connectivity index (χ0v) is 11.4. The summed E-state index contributed by atoms with van der Waals surface area (Å²) in [6, 6.07) is 12.3. The molecule has 0 atom stereocenters. The molecule has 0 amide bonds. The highest BCUT2D eigenvalue weighted by atomic mass is 16.5. The smallest absolute Gasteiger partial charge is 0.128 e. The molecule has 0 aliphatic heterocycles. The Hall–Kier alpha value is -1.83. The van der Waals surface area contributed by atoms with Gasteiger partial charge in [0.25, 0.3) is 0 Å². The van der Waals surface area contributed by atoms with Gasteiger partial charge in [-0.05, 0) is 37.6 Å². The molecule has 0 aromatic heterocycles. The fraction of sp³-hybridized carbons (Fsp3) is 0.312. The number of hydrogen-bond acceptors (Lipinski definition) is 2. The lowest BCUT2D eigenvalue weighted by molar-refractivity contribution is 0.414. The maximum atomic E-state index is 5.43. The van der Waals surface area contributed by atoms with Crippen LogP contribution in [0.15, 0.2) is 41.4 Å². The minimum Gasteiger partial charge on any atom is -0.496 e. The van der Waals surface area contributed by atoms with Gasteiger partial charge in [0.05, 0.1) is 12.6 Å². The molecule has 0 heterocycles. The summed E-state index contributed by atoms with van der Waals surface area (Å²) < 4.78 is 5.43. The van der Waals surface area contributed by atoms with Gasteiger partial charge in [-0.25, -0.2) is 0 Å². The van der Waals surface area contributed by atoms with Crippen LogP contribution in [0, 0.1) is 0 Å². The molecular weight excluding hydrogens is 222 g/mol. The molecule has 0 saturated heterocycles. The Labute approximate surface area is 108 Å². The Morgan fingerprint density at radius 1 is 1.06 bits per heavy atom. The number of fused-ring (bicyclic) bond motifs is 1. The number of rotatable bonds is 2. The lowest BCUT2D eigenvalue weighted by Crippen LogP contribution is -2.10. The van der Waals surface area contributed by atoms with Gasteiger partial charge in [-0.1, -0.05) is 30.3 Å². The van der Waals surface area contributed by atoms with Crippen LogP contribution in [0.2, 0.25) is 0 Å². The zero-order valence-electron chi connectivity index (χ0n) is 11.4. The van der Waals surface area contributed by atoms with E-state index in [0.717, 1.165) is 11.3 Å². The summed E-state index contributed by atoms with van der Waals surface area (Å²) >= 11 is 0. The SMILES string of the molecule is COc1ccc2ccccc2c1C=NC(C)(C)C. The molecule has 0 N–H and O–H groups in total. The lowest BCUT2D eigenvalue weighted by atomic mass is 10.0. The molecule has 0 saturated carbocycles. The summed E-state index contributed by atoms with van der Waals surface area (Å²) in [5.74, 6) is 0.863. The van der Waals surface area contributed by atoms with Gasteiger partial charge in [-0.3, -0.25) is 4.99 Å². The van der Waals surface area contributed by atoms with Crippen LogP contribution in [-0.2, 0) is 0 Å². The van der Waals surface area contributed by atoms with E-state index >= 15 is 0 Å². The number of ether oxygens (including phenoxy) is 1. The number of methoxy groups -OCH3 is 1. The van der Waals surface area contributed by atoms with Crippen LogP contribution >= 0.6 is 0 Å². The molecule has 2 aromatic carbocycles. The molecule has 0 radical (unpaired) electrons. The Balaban J connectivity index is 2.62. The molecule has 2 aromatic rings. The fourth-order valence-electron chi connectivity index (χ4n) is 1.84. The summed E-state index contributed by atoms with van der Waals surface area (Å²) in [7, 11) is 1.69. The third kappa shape index (κ3) is 2.70. The first-order valence-electron chi connectivity index (χ1n) is 6.12. The fourth-order valence-corrected chi connectivity index (χ4v) is 1.84. The van der Waals surface area contributed by atoms with Crippen LogP contribution in [0.4, 0.5) is 0 Å². The van der Waals surface area contributed by atoms with E-state index in [1.807, 2.05) is 24.4 Å². The van der Waals surface area contributed by atoms with E-state index in [4.69, 9.17) is 4.74 Å². The molecule has 2 nitrogen and oxygen atoms in total. The first-order valence-corrected chi connectivity index (χ1v) is 6.12. The second-order valence-corrected chi connectivity index (χ2v) is 5.33. The predicted molar refractivity (Wildman–Crippen MR) is 77.8 cm³/mol. The van der Waals surface area contributed by atoms with Crippen molar-refractivity contribution in [3.63, 3.8) is 0 Å². The van der Waals surface area contributed by atoms with Crippen LogP contribution in [0.25, 0.3) is 10.8 Å². The first kappa shape index (κ1) is 12.6. The maximum absolute atomic E-state index is 5.43. The standard InChI is InChI=1S/C16H19NO/c1-16(2,3)17-11-14-13-8-6-5-7-12(13)9-10-15(14)18-4/h5-11H,1-4H3. The zero-order chi connectivity index (χ0) is 13.2. The second-order valence-electron chi connectivity index (χ2n) is 5.33. The van der Waals surface area contributed by atoms with Gasteiger partial charge in [-0.15, -0.1) is 0 Å². The van der Waals surface area contributed by atoms with Gasteiger partial charge >= 0.3 is 0 Å². The Morgan fingerprint density at radius 2 is 1.78 bits per heavy atom. The van der Waals surface area contributed by atoms with Crippen molar-refractivity contribution in [2.45, 2.75) is 26.3 Å². The first-order chi connectivity index (χ1) is 8.51. The van der Waals surface area contributed by atoms with E-state index in [9.17, 15) is 0 Å². The average Bonchev–Trinajstić information content (AvgIpc) is 2.34. The predicted octanol–water partition coefficient (Wildman–Crippen LogP) is 4.07. The van der Waals surface area contributed by atoms with Crippen LogP contribution in [-0.4, -0.2) is 18.9 Å². The lowest BCUT2D eigenvalue weighted by Gasteiger charge is -2.13. The van der Waals surface area contributed by atoms with Crippen molar-refractivity contribution in [2.24, 2.45) is 4.99 Å². The highest BCUT2D eigenvalue weighted by molar-refractivity contribution is 6.02. The van der Waals surface area contributed by atoms with Gasteiger partial charge in [0, 0.05) is 11.8 Å². The molecule has 2 heteroatoms. The number of hydrogen-bond donors (Lipinski definition) is 0. The Morgan fingerprint density at radius 3 is 2.44 bits per heavy atom. The Kier molecular flexibility index (Phi) is 3.37. The van der Waals surface area contributed by atoms with Crippen LogP contribution in [0.1, 0.15) is 26.3 Å². The van der Waals surface area contributed by atoms with Crippen molar-refractivity contribution in [3.8, 4) is 5.75 Å². The molecule has 0 spiro atoms. The van der Waals surface area contributed by atoms with Crippen LogP contribution in [0.5, 0.6) is 5.75 Å². The molecule has 94 valence electrons. The minimum atomic E-state index is -0.0814. The Bertz CT molecular complexity index is 579. The third-order valence-corrected chi connectivity index (χ3v) is 2.73. The van der Waals surface area contributed by atoms with E-state index in [-0.39, 0.29) is 5.54 Å². The quantitative estimate of drug-likeness (QED) is 0.726. The summed E-state index contributed by atoms with van der Waals surface area (Å²) in [6.07, 6.45) is 1.92. The summed E-state index contributed by atoms with van der Waals surface area (Å²) in [5.41, 5.74) is 0.965. The van der Waals surface area contributed by atoms with Gasteiger partial charge in [0.15, 0.2) is 0 Å². The van der Waals surface area contributed by atoms with E-state index in [1.165, 1.54) is 10.8 Å². The summed E-state index contributed by atoms with van der Waals surface area (Å²) in [6.45, 7) is 6.25. The molecular formula is C16H19NO. The van der Waals surface area contributed by atoms with Crippen LogP contribution < -0.4 is 4.74 Å². The molecule has 0 unspecified atom stereocenters. The topological polar surface area (TPSA) is 21.6 Å². The van der Waals surface area contributed by atoms with Crippen molar-refractivity contribution < 1.29 is 4.74 Å². The van der Waals surface area contributed by atoms with Gasteiger partial charge in [0.1, 0.15) is 5.75 Å². The van der Waals surface area contributed by atoms with Crippen molar-refractivity contribution in [3.05, 3.63) is 42.0 Å². The van der Waals surface area contributed by atoms with Crippen molar-refractivity contribution in [2.75, 3.05) is 7.11 Å². The number of nitrogens with zero attached hydrogens (tertiary/aromatic N) is 1. The molecule has 0 aliphatic rings. The summed E-state index contributed by atoms with van der Waals surface area (Å²) in [4.78, 5) is 4.58. The largest absolute Gasteiger partial charge is 0.496 e. The van der Waals surface area contributed by atoms with E-state index in [2.05, 4.69) is 44.0 Å². The third-order valence-electron chi connectivity index (χ3n) is 2.73. The van der Waals surface area contributed by atoms with Crippen LogP contribution in [0.3, 0.4) is 0 Å². The van der Waals surface area contributed by atoms with E-state index < -0.39 is 0 Å². The number of aliphatic imine (C=N–C) groups is 1. The molecule has 18 heavy (non-hydrogen) atoms. The summed E-state index contributed by atoms with van der Waals surface area (Å²) in [5, 5.41) is 2.37. The highest BCUT2D eigenvalue weighted by Gasteiger charge is 2.09. The van der Waals surface area contributed by atoms with Gasteiger partial charge in [0.2, 0.25) is 0 Å². The van der Waals surface area contributed by atoms with E-state index in [0.29, 0.717) is 0 Å². The minimum absolute atomic E-state index is 0.0814. The average molecular weight is 241 g/mol. The van der Waals surface area contributed by atoms with Crippen molar-refractivity contribution >= 4 is 17.0 Å². The highest BCUT2D eigenvalue weighted by Crippen LogP contribution is 2.26. The second kappa shape index (κ2) is 4.81.